The number of aryl methyl sites for hydroxylation is 2. The molecule has 0 radical (unpaired) electrons. The topological polar surface area (TPSA) is 85.1 Å². The Balaban J connectivity index is 2.17. The smallest absolute Gasteiger partial charge is 0.272 e. The van der Waals surface area contributed by atoms with Crippen molar-refractivity contribution in [1.82, 2.24) is 4.98 Å². The molecule has 1 aromatic heterocycles. The van der Waals surface area contributed by atoms with Crippen molar-refractivity contribution in [3.05, 3.63) is 50.5 Å². The summed E-state index contributed by atoms with van der Waals surface area (Å²) in [7, 11) is 0. The Kier molecular flexibility index (Phi) is 4.09. The molecule has 0 saturated carbocycles. The first-order chi connectivity index (χ1) is 9.51. The Morgan fingerprint density at radius 2 is 2.25 bits per heavy atom. The van der Waals surface area contributed by atoms with Crippen LogP contribution < -0.4 is 5.32 Å². The maximum atomic E-state index is 12.0. The number of nitro groups is 1. The first kappa shape index (κ1) is 14.1. The molecule has 1 N–H and O–H groups in total. The highest BCUT2D eigenvalue weighted by Crippen LogP contribution is 2.21. The Morgan fingerprint density at radius 1 is 1.50 bits per heavy atom. The number of hydrogen-bond acceptors (Lipinski definition) is 5. The molecule has 7 heteroatoms. The van der Waals surface area contributed by atoms with Crippen LogP contribution in [0, 0.1) is 17.0 Å². The van der Waals surface area contributed by atoms with Gasteiger partial charge in [-0.05, 0) is 25.5 Å². The molecule has 0 spiro atoms. The Bertz CT molecular complexity index is 667. The summed E-state index contributed by atoms with van der Waals surface area (Å²) in [5.41, 5.74) is 1.76. The molecule has 6 nitrogen and oxygen atoms in total. The van der Waals surface area contributed by atoms with Gasteiger partial charge in [0.2, 0.25) is 0 Å². The fraction of sp³-hybridized carbons (Fsp3) is 0.231. The van der Waals surface area contributed by atoms with E-state index >= 15 is 0 Å². The second-order valence-electron chi connectivity index (χ2n) is 4.21. The average molecular weight is 291 g/mol. The first-order valence-corrected chi connectivity index (χ1v) is 6.90. The van der Waals surface area contributed by atoms with E-state index in [1.807, 2.05) is 12.3 Å². The summed E-state index contributed by atoms with van der Waals surface area (Å²) in [6.07, 6.45) is 0.809. The minimum Gasteiger partial charge on any atom is -0.298 e. The highest BCUT2D eigenvalue weighted by atomic mass is 32.1. The normalized spacial score (nSPS) is 10.3. The van der Waals surface area contributed by atoms with E-state index in [9.17, 15) is 14.9 Å². The summed E-state index contributed by atoms with van der Waals surface area (Å²) in [5, 5.41) is 15.8. The summed E-state index contributed by atoms with van der Waals surface area (Å²) in [5.74, 6) is -0.319. The molecule has 0 atom stereocenters. The number of carbonyl (C=O) groups is 1. The monoisotopic (exact) mass is 291 g/mol. The van der Waals surface area contributed by atoms with Crippen LogP contribution in [0.1, 0.15) is 28.5 Å². The molecule has 0 saturated heterocycles. The molecule has 0 aliphatic carbocycles. The zero-order valence-electron chi connectivity index (χ0n) is 11.0. The lowest BCUT2D eigenvalue weighted by molar-refractivity contribution is -0.385. The van der Waals surface area contributed by atoms with Crippen LogP contribution >= 0.6 is 11.3 Å². The summed E-state index contributed by atoms with van der Waals surface area (Å²) >= 11 is 1.36. The number of benzene rings is 1. The summed E-state index contributed by atoms with van der Waals surface area (Å²) < 4.78 is 0. The lowest BCUT2D eigenvalue weighted by atomic mass is 10.1. The van der Waals surface area contributed by atoms with E-state index in [4.69, 9.17) is 0 Å². The minimum absolute atomic E-state index is 0.00377. The maximum Gasteiger partial charge on any atom is 0.272 e. The number of nitro benzene ring substituents is 1. The average Bonchev–Trinajstić information content (AvgIpc) is 2.85. The minimum atomic E-state index is -0.467. The van der Waals surface area contributed by atoms with Gasteiger partial charge in [-0.1, -0.05) is 6.92 Å². The molecule has 0 unspecified atom stereocenters. The third-order valence-electron chi connectivity index (χ3n) is 2.79. The van der Waals surface area contributed by atoms with Crippen molar-refractivity contribution in [1.29, 1.82) is 0 Å². The van der Waals surface area contributed by atoms with Crippen LogP contribution in [-0.2, 0) is 6.42 Å². The number of nitrogens with zero attached hydrogens (tertiary/aromatic N) is 2. The molecule has 0 fully saturated rings. The fourth-order valence-electron chi connectivity index (χ4n) is 1.70. The van der Waals surface area contributed by atoms with E-state index in [1.54, 1.807) is 6.92 Å². The van der Waals surface area contributed by atoms with Gasteiger partial charge in [-0.15, -0.1) is 11.3 Å². The molecule has 1 aromatic carbocycles. The molecule has 0 aliphatic rings. The number of nitrogens with one attached hydrogen (secondary N) is 1. The summed E-state index contributed by atoms with van der Waals surface area (Å²) in [6, 6.07) is 4.28. The molecule has 2 rings (SSSR count). The molecule has 1 amide bonds. The van der Waals surface area contributed by atoms with Crippen LogP contribution in [-0.4, -0.2) is 15.8 Å². The van der Waals surface area contributed by atoms with Crippen molar-refractivity contribution in [2.45, 2.75) is 20.3 Å². The van der Waals surface area contributed by atoms with Crippen LogP contribution in [0.25, 0.3) is 0 Å². The molecule has 1 heterocycles. The van der Waals surface area contributed by atoms with Crippen molar-refractivity contribution in [3.8, 4) is 0 Å². The van der Waals surface area contributed by atoms with Gasteiger partial charge in [0.1, 0.15) is 0 Å². The van der Waals surface area contributed by atoms with Crippen molar-refractivity contribution >= 4 is 28.1 Å². The van der Waals surface area contributed by atoms with Crippen molar-refractivity contribution in [3.63, 3.8) is 0 Å². The number of rotatable bonds is 4. The Labute approximate surface area is 119 Å². The number of anilines is 1. The molecule has 2 aromatic rings. The first-order valence-electron chi connectivity index (χ1n) is 6.02. The van der Waals surface area contributed by atoms with Gasteiger partial charge in [0.05, 0.1) is 10.6 Å². The van der Waals surface area contributed by atoms with Gasteiger partial charge in [0.25, 0.3) is 11.6 Å². The van der Waals surface area contributed by atoms with Crippen LogP contribution in [0.15, 0.2) is 23.6 Å². The summed E-state index contributed by atoms with van der Waals surface area (Å²) in [4.78, 5) is 26.5. The molecule has 0 aliphatic heterocycles. The number of amides is 1. The zero-order chi connectivity index (χ0) is 14.7. The van der Waals surface area contributed by atoms with Gasteiger partial charge < -0.3 is 0 Å². The highest BCUT2D eigenvalue weighted by molar-refractivity contribution is 7.13. The highest BCUT2D eigenvalue weighted by Gasteiger charge is 2.14. The van der Waals surface area contributed by atoms with E-state index in [2.05, 4.69) is 10.3 Å². The second kappa shape index (κ2) is 5.79. The number of carbonyl (C=O) groups excluding carboxylic acids is 1. The lowest BCUT2D eigenvalue weighted by Crippen LogP contribution is -2.12. The van der Waals surface area contributed by atoms with Gasteiger partial charge in [0.15, 0.2) is 5.13 Å². The van der Waals surface area contributed by atoms with E-state index < -0.39 is 4.92 Å². The SMILES string of the molecule is CCc1csc(NC(=O)c2ccc([N+](=O)[O-])c(C)c2)n1. The molecular weight excluding hydrogens is 278 g/mol. The molecular formula is C13H13N3O3S. The maximum absolute atomic E-state index is 12.0. The van der Waals surface area contributed by atoms with Crippen LogP contribution in [0.3, 0.4) is 0 Å². The van der Waals surface area contributed by atoms with E-state index in [0.29, 0.717) is 16.3 Å². The zero-order valence-corrected chi connectivity index (χ0v) is 11.9. The van der Waals surface area contributed by atoms with Gasteiger partial charge in [-0.2, -0.15) is 0 Å². The molecule has 20 heavy (non-hydrogen) atoms. The number of aromatic nitrogens is 1. The Morgan fingerprint density at radius 3 is 2.80 bits per heavy atom. The van der Waals surface area contributed by atoms with Gasteiger partial charge in [0, 0.05) is 22.6 Å². The van der Waals surface area contributed by atoms with Crippen LogP contribution in [0.2, 0.25) is 0 Å². The van der Waals surface area contributed by atoms with Crippen molar-refractivity contribution in [2.24, 2.45) is 0 Å². The van der Waals surface area contributed by atoms with Crippen molar-refractivity contribution in [2.75, 3.05) is 5.32 Å². The van der Waals surface area contributed by atoms with E-state index in [0.717, 1.165) is 12.1 Å². The largest absolute Gasteiger partial charge is 0.298 e. The number of hydrogen-bond donors (Lipinski definition) is 1. The lowest BCUT2D eigenvalue weighted by Gasteiger charge is -2.03. The van der Waals surface area contributed by atoms with Crippen molar-refractivity contribution < 1.29 is 9.72 Å². The third-order valence-corrected chi connectivity index (χ3v) is 3.60. The van der Waals surface area contributed by atoms with Crippen LogP contribution in [0.5, 0.6) is 0 Å². The fourth-order valence-corrected chi connectivity index (χ4v) is 2.49. The van der Waals surface area contributed by atoms with Gasteiger partial charge in [-0.3, -0.25) is 20.2 Å². The molecule has 0 bridgehead atoms. The molecule has 104 valence electrons. The van der Waals surface area contributed by atoms with E-state index in [-0.39, 0.29) is 11.6 Å². The Hall–Kier alpha value is -2.28. The van der Waals surface area contributed by atoms with E-state index in [1.165, 1.54) is 29.5 Å². The second-order valence-corrected chi connectivity index (χ2v) is 5.07. The number of thiazole rings is 1. The quantitative estimate of drug-likeness (QED) is 0.692. The van der Waals surface area contributed by atoms with Gasteiger partial charge >= 0.3 is 0 Å². The predicted molar refractivity (Wildman–Crippen MR) is 77.3 cm³/mol. The predicted octanol–water partition coefficient (Wildman–Crippen LogP) is 3.17. The van der Waals surface area contributed by atoms with Gasteiger partial charge in [-0.25, -0.2) is 4.98 Å². The third kappa shape index (κ3) is 3.00. The summed E-state index contributed by atoms with van der Waals surface area (Å²) in [6.45, 7) is 3.59. The van der Waals surface area contributed by atoms with Crippen LogP contribution in [0.4, 0.5) is 10.8 Å². The standard InChI is InChI=1S/C13H13N3O3S/c1-3-10-7-20-13(14-10)15-12(17)9-4-5-11(16(18)19)8(2)6-9/h4-7H,3H2,1-2H3,(H,14,15,17).